The van der Waals surface area contributed by atoms with E-state index in [1.165, 1.54) is 31.7 Å². The van der Waals surface area contributed by atoms with Crippen molar-refractivity contribution in [1.82, 2.24) is 4.98 Å². The molecule has 0 aliphatic carbocycles. The van der Waals surface area contributed by atoms with Gasteiger partial charge in [0, 0.05) is 10.9 Å². The van der Waals surface area contributed by atoms with E-state index in [1.807, 2.05) is 30.3 Å². The van der Waals surface area contributed by atoms with Crippen LogP contribution in [0.5, 0.6) is 11.5 Å². The first-order valence-corrected chi connectivity index (χ1v) is 13.0. The van der Waals surface area contributed by atoms with Crippen LogP contribution < -0.4 is 9.47 Å². The summed E-state index contributed by atoms with van der Waals surface area (Å²) in [7, 11) is 0. The Hall–Kier alpha value is -3.61. The Morgan fingerprint density at radius 2 is 1.68 bits per heavy atom. The molecule has 0 fully saturated rings. The largest absolute Gasteiger partial charge is 0.492 e. The van der Waals surface area contributed by atoms with E-state index in [-0.39, 0.29) is 5.82 Å². The number of benzene rings is 3. The lowest BCUT2D eigenvalue weighted by molar-refractivity contribution is -0.0522. The van der Waals surface area contributed by atoms with Crippen LogP contribution in [0, 0.1) is 11.6 Å². The summed E-state index contributed by atoms with van der Waals surface area (Å²) in [5.74, 6) is -0.976. The standard InChI is InChI=1S/C31H31F4NO2/c1-2-3-4-5-6-17-37-25-13-15-28(36-20-25)24-12-14-26-23(19-24)11-10-22(30(26)33)9-7-21-8-16-29(27(32)18-21)38-31(34)35/h8,10-16,18-20,31H,2-7,9,17H2,1H3. The molecule has 3 aromatic carbocycles. The fourth-order valence-electron chi connectivity index (χ4n) is 4.39. The highest BCUT2D eigenvalue weighted by Crippen LogP contribution is 2.28. The number of unbranched alkanes of at least 4 members (excludes halogenated alkanes) is 4. The maximum Gasteiger partial charge on any atom is 0.387 e. The van der Waals surface area contributed by atoms with Crippen molar-refractivity contribution < 1.29 is 27.0 Å². The summed E-state index contributed by atoms with van der Waals surface area (Å²) >= 11 is 0. The van der Waals surface area contributed by atoms with Gasteiger partial charge in [0.05, 0.1) is 18.5 Å². The number of alkyl halides is 2. The number of nitrogens with zero attached hydrogens (tertiary/aromatic N) is 1. The number of halogens is 4. The van der Waals surface area contributed by atoms with Gasteiger partial charge in [-0.15, -0.1) is 0 Å². The first kappa shape index (κ1) is 27.4. The first-order chi connectivity index (χ1) is 18.4. The van der Waals surface area contributed by atoms with E-state index in [4.69, 9.17) is 4.74 Å². The molecular formula is C31H31F4NO2. The second-order valence-corrected chi connectivity index (χ2v) is 9.26. The Morgan fingerprint density at radius 1 is 0.842 bits per heavy atom. The topological polar surface area (TPSA) is 31.4 Å². The fraction of sp³-hybridized carbons (Fsp3) is 0.323. The van der Waals surface area contributed by atoms with Gasteiger partial charge in [0.25, 0.3) is 0 Å². The Kier molecular flexibility index (Phi) is 9.57. The number of aromatic nitrogens is 1. The third-order valence-electron chi connectivity index (χ3n) is 6.48. The number of pyridine rings is 1. The monoisotopic (exact) mass is 525 g/mol. The third-order valence-corrected chi connectivity index (χ3v) is 6.48. The lowest BCUT2D eigenvalue weighted by Crippen LogP contribution is -2.04. The Bertz CT molecular complexity index is 1340. The molecule has 0 bridgehead atoms. The molecule has 0 atom stereocenters. The minimum Gasteiger partial charge on any atom is -0.492 e. The van der Waals surface area contributed by atoms with Gasteiger partial charge in [-0.3, -0.25) is 4.98 Å². The van der Waals surface area contributed by atoms with Crippen molar-refractivity contribution in [3.05, 3.63) is 89.6 Å². The van der Waals surface area contributed by atoms with Crippen LogP contribution in [0.1, 0.15) is 50.2 Å². The summed E-state index contributed by atoms with van der Waals surface area (Å²) in [6, 6.07) is 16.6. The van der Waals surface area contributed by atoms with E-state index in [1.54, 1.807) is 18.3 Å². The molecule has 3 nitrogen and oxygen atoms in total. The molecule has 38 heavy (non-hydrogen) atoms. The quantitative estimate of drug-likeness (QED) is 0.129. The molecule has 0 aliphatic heterocycles. The molecule has 4 rings (SSSR count). The van der Waals surface area contributed by atoms with E-state index in [0.29, 0.717) is 36.0 Å². The molecule has 7 heteroatoms. The Morgan fingerprint density at radius 3 is 2.42 bits per heavy atom. The van der Waals surface area contributed by atoms with Crippen LogP contribution in [0.15, 0.2) is 66.9 Å². The minimum atomic E-state index is -3.10. The van der Waals surface area contributed by atoms with Gasteiger partial charge < -0.3 is 9.47 Å². The molecule has 1 heterocycles. The zero-order chi connectivity index (χ0) is 26.9. The predicted octanol–water partition coefficient (Wildman–Crippen LogP) is 8.92. The van der Waals surface area contributed by atoms with Crippen molar-refractivity contribution in [2.45, 2.75) is 58.5 Å². The van der Waals surface area contributed by atoms with Crippen molar-refractivity contribution >= 4 is 10.8 Å². The second-order valence-electron chi connectivity index (χ2n) is 9.26. The predicted molar refractivity (Wildman–Crippen MR) is 142 cm³/mol. The molecule has 200 valence electrons. The van der Waals surface area contributed by atoms with Gasteiger partial charge >= 0.3 is 6.61 Å². The van der Waals surface area contributed by atoms with Crippen molar-refractivity contribution in [1.29, 1.82) is 0 Å². The fourth-order valence-corrected chi connectivity index (χ4v) is 4.39. The summed E-state index contributed by atoms with van der Waals surface area (Å²) in [5, 5.41) is 1.23. The molecule has 0 unspecified atom stereocenters. The summed E-state index contributed by atoms with van der Waals surface area (Å²) in [4.78, 5) is 4.52. The number of fused-ring (bicyclic) bond motifs is 1. The van der Waals surface area contributed by atoms with E-state index in [0.717, 1.165) is 40.9 Å². The number of rotatable bonds is 13. The normalized spacial score (nSPS) is 11.3. The highest BCUT2D eigenvalue weighted by atomic mass is 19.3. The van der Waals surface area contributed by atoms with Crippen molar-refractivity contribution in [2.24, 2.45) is 0 Å². The number of aryl methyl sites for hydroxylation is 2. The third kappa shape index (κ3) is 7.24. The van der Waals surface area contributed by atoms with Gasteiger partial charge in [0.15, 0.2) is 11.6 Å². The van der Waals surface area contributed by atoms with Crippen molar-refractivity contribution in [3.63, 3.8) is 0 Å². The summed E-state index contributed by atoms with van der Waals surface area (Å²) in [6.45, 7) is -0.224. The molecule has 0 aliphatic rings. The average molecular weight is 526 g/mol. The molecule has 0 N–H and O–H groups in total. The molecule has 4 aromatic rings. The van der Waals surface area contributed by atoms with Gasteiger partial charge in [-0.1, -0.05) is 62.9 Å². The lowest BCUT2D eigenvalue weighted by Gasteiger charge is -2.10. The Labute approximate surface area is 220 Å². The van der Waals surface area contributed by atoms with Gasteiger partial charge in [-0.25, -0.2) is 8.78 Å². The van der Waals surface area contributed by atoms with Crippen molar-refractivity contribution in [2.75, 3.05) is 6.61 Å². The zero-order valence-corrected chi connectivity index (χ0v) is 21.4. The summed E-state index contributed by atoms with van der Waals surface area (Å²) in [6.07, 6.45) is 8.30. The van der Waals surface area contributed by atoms with Gasteiger partial charge in [0.2, 0.25) is 0 Å². The summed E-state index contributed by atoms with van der Waals surface area (Å²) < 4.78 is 63.8. The van der Waals surface area contributed by atoms with Crippen LogP contribution in [-0.2, 0) is 12.8 Å². The second kappa shape index (κ2) is 13.3. The molecule has 0 radical (unpaired) electrons. The van der Waals surface area contributed by atoms with Gasteiger partial charge in [-0.2, -0.15) is 8.78 Å². The van der Waals surface area contributed by atoms with E-state index >= 15 is 4.39 Å². The number of hydrogen-bond donors (Lipinski definition) is 0. The molecule has 0 saturated heterocycles. The zero-order valence-electron chi connectivity index (χ0n) is 21.4. The molecule has 0 amide bonds. The number of ether oxygens (including phenoxy) is 2. The van der Waals surface area contributed by atoms with Crippen LogP contribution in [0.25, 0.3) is 22.0 Å². The van der Waals surface area contributed by atoms with E-state index in [9.17, 15) is 13.2 Å². The maximum atomic E-state index is 15.3. The van der Waals surface area contributed by atoms with Crippen LogP contribution >= 0.6 is 0 Å². The van der Waals surface area contributed by atoms with Crippen LogP contribution in [0.2, 0.25) is 0 Å². The van der Waals surface area contributed by atoms with E-state index in [2.05, 4.69) is 16.6 Å². The van der Waals surface area contributed by atoms with Gasteiger partial charge in [0.1, 0.15) is 11.6 Å². The average Bonchev–Trinajstić information content (AvgIpc) is 2.91. The van der Waals surface area contributed by atoms with Crippen LogP contribution in [0.3, 0.4) is 0 Å². The van der Waals surface area contributed by atoms with Crippen molar-refractivity contribution in [3.8, 4) is 22.8 Å². The molecule has 1 aromatic heterocycles. The maximum absolute atomic E-state index is 15.3. The smallest absolute Gasteiger partial charge is 0.387 e. The highest BCUT2D eigenvalue weighted by Gasteiger charge is 2.13. The molecule has 0 spiro atoms. The minimum absolute atomic E-state index is 0.331. The summed E-state index contributed by atoms with van der Waals surface area (Å²) in [5.41, 5.74) is 2.70. The number of hydrogen-bond acceptors (Lipinski definition) is 3. The molecular weight excluding hydrogens is 494 g/mol. The first-order valence-electron chi connectivity index (χ1n) is 13.0. The lowest BCUT2D eigenvalue weighted by atomic mass is 9.98. The van der Waals surface area contributed by atoms with E-state index < -0.39 is 18.2 Å². The van der Waals surface area contributed by atoms with Gasteiger partial charge in [-0.05, 0) is 66.1 Å². The molecule has 0 saturated carbocycles. The SMILES string of the molecule is CCCCCCCOc1ccc(-c2ccc3c(F)c(CCc4ccc(OC(F)F)c(F)c4)ccc3c2)nc1. The Balaban J connectivity index is 1.39. The van der Waals surface area contributed by atoms with Crippen LogP contribution in [-0.4, -0.2) is 18.2 Å². The highest BCUT2D eigenvalue weighted by molar-refractivity contribution is 5.88. The van der Waals surface area contributed by atoms with Crippen LogP contribution in [0.4, 0.5) is 17.6 Å².